The molecular formula is C21H21ClN2O3S2. The van der Waals surface area contributed by atoms with Crippen LogP contribution in [0.25, 0.3) is 10.6 Å². The second kappa shape index (κ2) is 9.02. The maximum Gasteiger partial charge on any atom is 0.142 e. The maximum absolute atomic E-state index is 12.6. The summed E-state index contributed by atoms with van der Waals surface area (Å²) in [6.07, 6.45) is 2.06. The highest BCUT2D eigenvalue weighted by Crippen LogP contribution is 2.34. The quantitative estimate of drug-likeness (QED) is 0.534. The van der Waals surface area contributed by atoms with Gasteiger partial charge >= 0.3 is 0 Å². The number of rotatable bonds is 8. The number of hydrogen-bond donors (Lipinski definition) is 1. The summed E-state index contributed by atoms with van der Waals surface area (Å²) < 4.78 is 5.89. The highest BCUT2D eigenvalue weighted by Gasteiger charge is 2.35. The van der Waals surface area contributed by atoms with Crippen molar-refractivity contribution in [2.24, 2.45) is 5.92 Å². The minimum Gasteiger partial charge on any atom is -0.389 e. The summed E-state index contributed by atoms with van der Waals surface area (Å²) >= 11 is 8.84. The van der Waals surface area contributed by atoms with Gasteiger partial charge in [0.15, 0.2) is 0 Å². The van der Waals surface area contributed by atoms with Crippen LogP contribution in [0.4, 0.5) is 0 Å². The van der Waals surface area contributed by atoms with Crippen molar-refractivity contribution in [3.8, 4) is 10.6 Å². The van der Waals surface area contributed by atoms with Crippen LogP contribution < -0.4 is 0 Å². The molecule has 0 radical (unpaired) electrons. The molecule has 0 aliphatic heterocycles. The van der Waals surface area contributed by atoms with Crippen molar-refractivity contribution < 1.29 is 14.6 Å². The third-order valence-electron chi connectivity index (χ3n) is 5.04. The van der Waals surface area contributed by atoms with Crippen molar-refractivity contribution in [1.29, 1.82) is 0 Å². The number of carbonyl (C=O) groups excluding carboxylic acids is 1. The van der Waals surface area contributed by atoms with E-state index in [1.165, 1.54) is 22.7 Å². The lowest BCUT2D eigenvalue weighted by molar-refractivity contribution is -0.131. The number of aromatic nitrogens is 2. The maximum atomic E-state index is 12.6. The molecule has 0 spiro atoms. The van der Waals surface area contributed by atoms with Gasteiger partial charge in [-0.25, -0.2) is 9.97 Å². The minimum absolute atomic E-state index is 0.0590. The van der Waals surface area contributed by atoms with E-state index in [1.54, 1.807) is 0 Å². The molecule has 5 nitrogen and oxygen atoms in total. The zero-order valence-corrected chi connectivity index (χ0v) is 18.3. The molecule has 2 aromatic heterocycles. The molecule has 1 N–H and O–H groups in total. The number of aliphatic hydroxyl groups is 1. The van der Waals surface area contributed by atoms with Crippen molar-refractivity contribution in [3.05, 3.63) is 55.9 Å². The van der Waals surface area contributed by atoms with Crippen LogP contribution in [0.5, 0.6) is 0 Å². The first-order valence-electron chi connectivity index (χ1n) is 9.42. The molecule has 8 heteroatoms. The molecule has 0 amide bonds. The summed E-state index contributed by atoms with van der Waals surface area (Å²) in [6.45, 7) is 2.39. The number of Topliss-reactive ketones (excluding diaryl/α,β-unsaturated/α-hetero) is 1. The van der Waals surface area contributed by atoms with E-state index in [0.29, 0.717) is 23.1 Å². The molecule has 1 aliphatic rings. The number of nitrogens with zero attached hydrogens (tertiary/aromatic N) is 2. The van der Waals surface area contributed by atoms with Crippen LogP contribution in [0.3, 0.4) is 0 Å². The average Bonchev–Trinajstić information content (AvgIpc) is 3.28. The number of carbonyl (C=O) groups is 1. The second-order valence-corrected chi connectivity index (χ2v) is 9.64. The fourth-order valence-corrected chi connectivity index (χ4v) is 5.19. The Morgan fingerprint density at radius 1 is 1.24 bits per heavy atom. The first kappa shape index (κ1) is 20.6. The largest absolute Gasteiger partial charge is 0.389 e. The summed E-state index contributed by atoms with van der Waals surface area (Å²) in [5, 5.41) is 13.4. The van der Waals surface area contributed by atoms with Crippen molar-refractivity contribution >= 4 is 40.1 Å². The average molecular weight is 449 g/mol. The van der Waals surface area contributed by atoms with Gasteiger partial charge in [-0.15, -0.1) is 22.7 Å². The summed E-state index contributed by atoms with van der Waals surface area (Å²) in [7, 11) is 0. The highest BCUT2D eigenvalue weighted by atomic mass is 35.5. The summed E-state index contributed by atoms with van der Waals surface area (Å²) in [5.74, 6) is 0.290. The van der Waals surface area contributed by atoms with Gasteiger partial charge in [0.2, 0.25) is 0 Å². The Labute approximate surface area is 182 Å². The minimum atomic E-state index is -0.0656. The van der Waals surface area contributed by atoms with E-state index < -0.39 is 0 Å². The molecule has 0 saturated heterocycles. The lowest BCUT2D eigenvalue weighted by Crippen LogP contribution is -2.37. The number of halogens is 1. The van der Waals surface area contributed by atoms with Crippen molar-refractivity contribution in [2.45, 2.75) is 45.5 Å². The monoisotopic (exact) mass is 448 g/mol. The smallest absolute Gasteiger partial charge is 0.142 e. The van der Waals surface area contributed by atoms with E-state index in [0.717, 1.165) is 39.7 Å². The molecule has 0 atom stereocenters. The van der Waals surface area contributed by atoms with Crippen LogP contribution in [0, 0.1) is 12.8 Å². The highest BCUT2D eigenvalue weighted by molar-refractivity contribution is 7.16. The van der Waals surface area contributed by atoms with E-state index in [9.17, 15) is 9.90 Å². The zero-order valence-electron chi connectivity index (χ0n) is 15.9. The summed E-state index contributed by atoms with van der Waals surface area (Å²) in [5.41, 5.74) is 2.79. The van der Waals surface area contributed by atoms with Crippen molar-refractivity contribution in [3.63, 3.8) is 0 Å². The topological polar surface area (TPSA) is 72.3 Å². The van der Waals surface area contributed by atoms with Gasteiger partial charge in [0.1, 0.15) is 15.8 Å². The third kappa shape index (κ3) is 4.92. The van der Waals surface area contributed by atoms with Gasteiger partial charge in [0, 0.05) is 16.3 Å². The van der Waals surface area contributed by atoms with Gasteiger partial charge in [0.05, 0.1) is 42.0 Å². The van der Waals surface area contributed by atoms with Gasteiger partial charge in [-0.05, 0) is 37.5 Å². The molecule has 1 fully saturated rings. The van der Waals surface area contributed by atoms with Gasteiger partial charge < -0.3 is 9.84 Å². The lowest BCUT2D eigenvalue weighted by Gasteiger charge is -2.34. The van der Waals surface area contributed by atoms with Crippen LogP contribution in [-0.4, -0.2) is 27.0 Å². The molecule has 1 aromatic carbocycles. The zero-order chi connectivity index (χ0) is 20.4. The first-order valence-corrected chi connectivity index (χ1v) is 11.5. The second-order valence-electron chi connectivity index (χ2n) is 7.18. The predicted octanol–water partition coefficient (Wildman–Crippen LogP) is 4.83. The lowest BCUT2D eigenvalue weighted by atomic mass is 9.78. The number of aryl methyl sites for hydroxylation is 1. The fraction of sp³-hybridized carbons (Fsp3) is 0.381. The standard InChI is InChI=1S/C21H21ClN2O3S2/c1-12-21(29-20(9-25)23-12)17-11-28-19(24-17)8-18(26)14-6-16(7-14)27-10-13-2-4-15(22)5-3-13/h2-5,11,14,16,25H,6-10H2,1H3. The van der Waals surface area contributed by atoms with Crippen molar-refractivity contribution in [1.82, 2.24) is 9.97 Å². The van der Waals surface area contributed by atoms with Crippen LogP contribution >= 0.6 is 34.3 Å². The Bertz CT molecular complexity index is 994. The normalized spacial score (nSPS) is 18.6. The van der Waals surface area contributed by atoms with Crippen LogP contribution in [0.1, 0.15) is 34.1 Å². The van der Waals surface area contributed by atoms with E-state index in [4.69, 9.17) is 16.3 Å². The number of ether oxygens (including phenoxy) is 1. The molecule has 152 valence electrons. The molecular weight excluding hydrogens is 428 g/mol. The molecule has 3 aromatic rings. The van der Waals surface area contributed by atoms with E-state index in [1.807, 2.05) is 36.6 Å². The number of ketones is 1. The van der Waals surface area contributed by atoms with Gasteiger partial charge in [0.25, 0.3) is 0 Å². The molecule has 4 rings (SSSR count). The first-order chi connectivity index (χ1) is 14.0. The Hall–Kier alpha value is -1.64. The predicted molar refractivity (Wildman–Crippen MR) is 115 cm³/mol. The number of hydrogen-bond acceptors (Lipinski definition) is 7. The van der Waals surface area contributed by atoms with E-state index >= 15 is 0 Å². The number of thiazole rings is 2. The summed E-state index contributed by atoms with van der Waals surface area (Å²) in [6, 6.07) is 7.62. The van der Waals surface area contributed by atoms with E-state index in [2.05, 4.69) is 9.97 Å². The Kier molecular flexibility index (Phi) is 6.41. The molecule has 1 saturated carbocycles. The Balaban J connectivity index is 1.26. The van der Waals surface area contributed by atoms with E-state index in [-0.39, 0.29) is 24.4 Å². The molecule has 2 heterocycles. The van der Waals surface area contributed by atoms with Gasteiger partial charge in [-0.3, -0.25) is 4.79 Å². The number of benzene rings is 1. The van der Waals surface area contributed by atoms with Crippen LogP contribution in [0.2, 0.25) is 5.02 Å². The van der Waals surface area contributed by atoms with Crippen molar-refractivity contribution in [2.75, 3.05) is 0 Å². The van der Waals surface area contributed by atoms with Crippen LogP contribution in [-0.2, 0) is 29.2 Å². The van der Waals surface area contributed by atoms with Gasteiger partial charge in [-0.1, -0.05) is 23.7 Å². The third-order valence-corrected chi connectivity index (χ3v) is 7.30. The molecule has 29 heavy (non-hydrogen) atoms. The Morgan fingerprint density at radius 3 is 2.69 bits per heavy atom. The molecule has 1 aliphatic carbocycles. The molecule has 0 unspecified atom stereocenters. The SMILES string of the molecule is Cc1nc(CO)sc1-c1csc(CC(=O)C2CC(OCc3ccc(Cl)cc3)C2)n1. The molecule has 0 bridgehead atoms. The fourth-order valence-electron chi connectivity index (χ4n) is 3.31. The Morgan fingerprint density at radius 2 is 2.00 bits per heavy atom. The summed E-state index contributed by atoms with van der Waals surface area (Å²) in [4.78, 5) is 22.5. The van der Waals surface area contributed by atoms with Crippen LogP contribution in [0.15, 0.2) is 29.6 Å². The van der Waals surface area contributed by atoms with Gasteiger partial charge in [-0.2, -0.15) is 0 Å². The number of aliphatic hydroxyl groups excluding tert-OH is 1.